The molecule has 0 radical (unpaired) electrons. The van der Waals surface area contributed by atoms with Crippen molar-refractivity contribution < 1.29 is 29.9 Å². The molecule has 9 heteroatoms. The SMILES string of the molecule is OC[C@@H](O)[C@H]1OCCCCCCOc2cccc(c2)N(Cc2cnn(C3CCCC3)c2)C[C@@H](O)[C@H]1O. The minimum Gasteiger partial charge on any atom is -0.494 e. The fraction of sp³-hybridized carbons (Fsp3) is 0.667. The van der Waals surface area contributed by atoms with Gasteiger partial charge in [-0.2, -0.15) is 5.10 Å². The summed E-state index contributed by atoms with van der Waals surface area (Å²) >= 11 is 0. The number of anilines is 1. The second-order valence-electron chi connectivity index (χ2n) is 10.1. The summed E-state index contributed by atoms with van der Waals surface area (Å²) in [6.45, 7) is 0.963. The molecule has 0 unspecified atom stereocenters. The molecule has 1 aromatic heterocycles. The number of rotatable bonds is 5. The number of benzene rings is 1. The van der Waals surface area contributed by atoms with Gasteiger partial charge in [-0.25, -0.2) is 0 Å². The first-order chi connectivity index (χ1) is 17.5. The lowest BCUT2D eigenvalue weighted by Crippen LogP contribution is -2.51. The Hall–Kier alpha value is -2.17. The van der Waals surface area contributed by atoms with E-state index < -0.39 is 31.0 Å². The summed E-state index contributed by atoms with van der Waals surface area (Å²) in [6, 6.07) is 8.19. The monoisotopic (exact) mass is 503 g/mol. The van der Waals surface area contributed by atoms with Gasteiger partial charge in [-0.1, -0.05) is 25.3 Å². The van der Waals surface area contributed by atoms with Crippen LogP contribution in [0, 0.1) is 0 Å². The van der Waals surface area contributed by atoms with Crippen molar-refractivity contribution in [2.75, 3.05) is 31.3 Å². The molecule has 1 aliphatic heterocycles. The second-order valence-corrected chi connectivity index (χ2v) is 10.1. The summed E-state index contributed by atoms with van der Waals surface area (Å²) in [6.07, 6.45) is 7.27. The molecule has 1 aliphatic carbocycles. The van der Waals surface area contributed by atoms with E-state index in [0.717, 1.165) is 55.5 Å². The maximum Gasteiger partial charge on any atom is 0.121 e. The number of β-amino-alcohol motifs (C(OH)–C–C–N with tert-alkyl or cyclic N) is 1. The molecule has 2 bridgehead atoms. The molecule has 2 aliphatic rings. The average molecular weight is 504 g/mol. The zero-order valence-corrected chi connectivity index (χ0v) is 21.0. The third-order valence-corrected chi connectivity index (χ3v) is 7.23. The first kappa shape index (κ1) is 26.9. The highest BCUT2D eigenvalue weighted by molar-refractivity contribution is 5.51. The summed E-state index contributed by atoms with van der Waals surface area (Å²) < 4.78 is 13.8. The van der Waals surface area contributed by atoms with Gasteiger partial charge in [-0.05, 0) is 44.2 Å². The molecule has 1 fully saturated rings. The van der Waals surface area contributed by atoms with Gasteiger partial charge in [-0.15, -0.1) is 0 Å². The summed E-state index contributed by atoms with van der Waals surface area (Å²) in [5.41, 5.74) is 1.85. The van der Waals surface area contributed by atoms with E-state index >= 15 is 0 Å². The first-order valence-corrected chi connectivity index (χ1v) is 13.3. The topological polar surface area (TPSA) is 120 Å². The van der Waals surface area contributed by atoms with E-state index in [2.05, 4.69) is 11.3 Å². The molecule has 2 heterocycles. The van der Waals surface area contributed by atoms with Gasteiger partial charge in [0.2, 0.25) is 0 Å². The van der Waals surface area contributed by atoms with E-state index in [4.69, 9.17) is 9.47 Å². The Labute approximate surface area is 213 Å². The van der Waals surface area contributed by atoms with Crippen LogP contribution in [0.3, 0.4) is 0 Å². The Bertz CT molecular complexity index is 918. The number of aromatic nitrogens is 2. The Morgan fingerprint density at radius 3 is 2.58 bits per heavy atom. The van der Waals surface area contributed by atoms with Crippen LogP contribution in [0.25, 0.3) is 0 Å². The Kier molecular flexibility index (Phi) is 10.0. The minimum absolute atomic E-state index is 0.0945. The lowest BCUT2D eigenvalue weighted by Gasteiger charge is -2.33. The summed E-state index contributed by atoms with van der Waals surface area (Å²) in [5, 5.41) is 46.4. The molecule has 0 saturated heterocycles. The van der Waals surface area contributed by atoms with E-state index in [9.17, 15) is 20.4 Å². The molecule has 200 valence electrons. The number of hydrogen-bond acceptors (Lipinski definition) is 8. The van der Waals surface area contributed by atoms with E-state index in [1.54, 1.807) is 0 Å². The first-order valence-electron chi connectivity index (χ1n) is 13.3. The predicted molar refractivity (Wildman–Crippen MR) is 136 cm³/mol. The molecule has 0 spiro atoms. The standard InChI is InChI=1S/C27H41N3O6/c31-19-25(33)27-26(34)24(32)18-29(16-20-15-28-30(17-20)21-8-3-4-9-21)22-10-7-11-23(14-22)35-12-5-1-2-6-13-36-27/h7,10-11,14-15,17,21,24-27,31-34H,1-6,8-9,12-13,16,18-19H2/t24-,25-,26-,27-/m1/s1. The molecule has 4 rings (SSSR count). The maximum atomic E-state index is 11.0. The van der Waals surface area contributed by atoms with Crippen LogP contribution >= 0.6 is 0 Å². The van der Waals surface area contributed by atoms with Gasteiger partial charge >= 0.3 is 0 Å². The highest BCUT2D eigenvalue weighted by Gasteiger charge is 2.34. The molecule has 9 nitrogen and oxygen atoms in total. The van der Waals surface area contributed by atoms with Gasteiger partial charge in [0, 0.05) is 43.2 Å². The largest absolute Gasteiger partial charge is 0.494 e. The number of aliphatic hydroxyl groups excluding tert-OH is 4. The van der Waals surface area contributed by atoms with E-state index in [-0.39, 0.29) is 6.54 Å². The Morgan fingerprint density at radius 2 is 1.81 bits per heavy atom. The van der Waals surface area contributed by atoms with E-state index in [1.165, 1.54) is 12.8 Å². The molecule has 4 atom stereocenters. The number of nitrogens with zero attached hydrogens (tertiary/aromatic N) is 3. The van der Waals surface area contributed by atoms with Crippen molar-refractivity contribution in [1.29, 1.82) is 0 Å². The van der Waals surface area contributed by atoms with Crippen molar-refractivity contribution in [3.8, 4) is 5.75 Å². The average Bonchev–Trinajstić information content (AvgIpc) is 3.58. The molecule has 1 aromatic carbocycles. The zero-order chi connectivity index (χ0) is 25.3. The molecule has 2 aromatic rings. The van der Waals surface area contributed by atoms with Gasteiger partial charge in [0.05, 0.1) is 31.6 Å². The molecular formula is C27H41N3O6. The predicted octanol–water partition coefficient (Wildman–Crippen LogP) is 2.42. The highest BCUT2D eigenvalue weighted by atomic mass is 16.5. The van der Waals surface area contributed by atoms with Crippen LogP contribution in [-0.4, -0.2) is 81.0 Å². The second kappa shape index (κ2) is 13.4. The summed E-state index contributed by atoms with van der Waals surface area (Å²) in [4.78, 5) is 1.98. The van der Waals surface area contributed by atoms with E-state index in [0.29, 0.717) is 25.8 Å². The van der Waals surface area contributed by atoms with Crippen LogP contribution in [0.5, 0.6) is 5.75 Å². The van der Waals surface area contributed by atoms with Crippen LogP contribution < -0.4 is 9.64 Å². The smallest absolute Gasteiger partial charge is 0.121 e. The maximum absolute atomic E-state index is 11.0. The lowest BCUT2D eigenvalue weighted by molar-refractivity contribution is -0.141. The van der Waals surface area contributed by atoms with Crippen molar-refractivity contribution in [1.82, 2.24) is 9.78 Å². The number of hydrogen-bond donors (Lipinski definition) is 4. The van der Waals surface area contributed by atoms with Gasteiger partial charge in [0.25, 0.3) is 0 Å². The number of ether oxygens (including phenoxy) is 2. The van der Waals surface area contributed by atoms with Gasteiger partial charge in [-0.3, -0.25) is 4.68 Å². The fourth-order valence-electron chi connectivity index (χ4n) is 5.14. The van der Waals surface area contributed by atoms with E-state index in [1.807, 2.05) is 40.0 Å². The Morgan fingerprint density at radius 1 is 1.03 bits per heavy atom. The highest BCUT2D eigenvalue weighted by Crippen LogP contribution is 2.30. The van der Waals surface area contributed by atoms with Crippen molar-refractivity contribution in [2.24, 2.45) is 0 Å². The third kappa shape index (κ3) is 7.20. The fourth-order valence-corrected chi connectivity index (χ4v) is 5.14. The quantitative estimate of drug-likeness (QED) is 0.491. The molecule has 1 saturated carbocycles. The molecule has 4 N–H and O–H groups in total. The lowest BCUT2D eigenvalue weighted by atomic mass is 10.0. The molecule has 36 heavy (non-hydrogen) atoms. The zero-order valence-electron chi connectivity index (χ0n) is 21.0. The van der Waals surface area contributed by atoms with Crippen molar-refractivity contribution in [3.63, 3.8) is 0 Å². The van der Waals surface area contributed by atoms with Crippen LogP contribution in [-0.2, 0) is 11.3 Å². The van der Waals surface area contributed by atoms with Crippen molar-refractivity contribution >= 4 is 5.69 Å². The van der Waals surface area contributed by atoms with Crippen LogP contribution in [0.2, 0.25) is 0 Å². The normalized spacial score (nSPS) is 26.0. The summed E-state index contributed by atoms with van der Waals surface area (Å²) in [5.74, 6) is 0.762. The third-order valence-electron chi connectivity index (χ3n) is 7.23. The van der Waals surface area contributed by atoms with Crippen LogP contribution in [0.1, 0.15) is 63.0 Å². The Balaban J connectivity index is 1.57. The van der Waals surface area contributed by atoms with Gasteiger partial charge in [0.15, 0.2) is 0 Å². The van der Waals surface area contributed by atoms with Gasteiger partial charge < -0.3 is 34.8 Å². The van der Waals surface area contributed by atoms with Crippen LogP contribution in [0.15, 0.2) is 36.7 Å². The summed E-state index contributed by atoms with van der Waals surface area (Å²) in [7, 11) is 0. The molecular weight excluding hydrogens is 462 g/mol. The van der Waals surface area contributed by atoms with Crippen molar-refractivity contribution in [3.05, 3.63) is 42.2 Å². The number of aliphatic hydroxyl groups is 4. The van der Waals surface area contributed by atoms with Crippen molar-refractivity contribution in [2.45, 2.75) is 88.4 Å². The van der Waals surface area contributed by atoms with Crippen LogP contribution in [0.4, 0.5) is 5.69 Å². The number of fused-ring (bicyclic) bond motifs is 2. The minimum atomic E-state index is -1.37. The molecule has 0 amide bonds. The van der Waals surface area contributed by atoms with Gasteiger partial charge in [0.1, 0.15) is 24.1 Å².